The van der Waals surface area contributed by atoms with Gasteiger partial charge in [0, 0.05) is 0 Å². The molecule has 0 amide bonds. The van der Waals surface area contributed by atoms with Gasteiger partial charge >= 0.3 is 7.60 Å². The van der Waals surface area contributed by atoms with Crippen molar-refractivity contribution >= 4 is 7.60 Å². The molecule has 2 aromatic rings. The largest absolute Gasteiger partial charge is 0.430 e. The average Bonchev–Trinajstić information content (AvgIpc) is 2.61. The molecule has 0 aliphatic carbocycles. The maximum Gasteiger partial charge on any atom is 0.430 e. The van der Waals surface area contributed by atoms with Crippen LogP contribution in [0.2, 0.25) is 0 Å². The lowest BCUT2D eigenvalue weighted by atomic mass is 10.1. The van der Waals surface area contributed by atoms with Crippen LogP contribution in [0.15, 0.2) is 48.5 Å². The molecule has 0 fully saturated rings. The zero-order valence-electron chi connectivity index (χ0n) is 14.8. The van der Waals surface area contributed by atoms with Crippen molar-refractivity contribution in [1.82, 2.24) is 0 Å². The van der Waals surface area contributed by atoms with E-state index in [1.165, 1.54) is 0 Å². The van der Waals surface area contributed by atoms with E-state index in [0.717, 1.165) is 36.8 Å². The van der Waals surface area contributed by atoms with Crippen molar-refractivity contribution in [3.8, 4) is 11.5 Å². The summed E-state index contributed by atoms with van der Waals surface area (Å²) in [5.41, 5.74) is 2.09. The van der Waals surface area contributed by atoms with Gasteiger partial charge in [0.1, 0.15) is 11.5 Å². The first kappa shape index (κ1) is 18.6. The second-order valence-electron chi connectivity index (χ2n) is 5.79. The van der Waals surface area contributed by atoms with Crippen LogP contribution in [-0.2, 0) is 17.4 Å². The van der Waals surface area contributed by atoms with E-state index in [1.807, 2.05) is 48.5 Å². The first-order valence-electron chi connectivity index (χ1n) is 8.76. The molecule has 4 heteroatoms. The molecule has 24 heavy (non-hydrogen) atoms. The first-order valence-corrected chi connectivity index (χ1v) is 10.5. The molecule has 0 bridgehead atoms. The summed E-state index contributed by atoms with van der Waals surface area (Å²) >= 11 is 0. The lowest BCUT2D eigenvalue weighted by Gasteiger charge is -2.22. The van der Waals surface area contributed by atoms with Crippen molar-refractivity contribution < 1.29 is 13.6 Å². The molecule has 0 saturated carbocycles. The third-order valence-corrected chi connectivity index (χ3v) is 5.78. The second kappa shape index (κ2) is 8.94. The summed E-state index contributed by atoms with van der Waals surface area (Å²) < 4.78 is 25.3. The van der Waals surface area contributed by atoms with Crippen LogP contribution in [0.4, 0.5) is 0 Å². The van der Waals surface area contributed by atoms with Crippen molar-refractivity contribution in [3.63, 3.8) is 0 Å². The van der Waals surface area contributed by atoms with Crippen LogP contribution in [0.1, 0.15) is 44.7 Å². The van der Waals surface area contributed by atoms with Crippen molar-refractivity contribution in [1.29, 1.82) is 0 Å². The van der Waals surface area contributed by atoms with E-state index in [9.17, 15) is 4.57 Å². The number of para-hydroxylation sites is 2. The molecule has 3 nitrogen and oxygen atoms in total. The van der Waals surface area contributed by atoms with Crippen LogP contribution >= 0.6 is 7.60 Å². The van der Waals surface area contributed by atoms with Crippen LogP contribution in [0.25, 0.3) is 0 Å². The quantitative estimate of drug-likeness (QED) is 0.503. The van der Waals surface area contributed by atoms with E-state index >= 15 is 0 Å². The molecule has 130 valence electrons. The minimum absolute atomic E-state index is 0.416. The highest BCUT2D eigenvalue weighted by Crippen LogP contribution is 2.50. The minimum Gasteiger partial charge on any atom is -0.416 e. The van der Waals surface area contributed by atoms with Gasteiger partial charge in [-0.1, -0.05) is 63.6 Å². The normalized spacial score (nSPS) is 11.3. The number of aryl methyl sites for hydroxylation is 2. The molecule has 0 heterocycles. The Hall–Kier alpha value is -1.73. The number of benzene rings is 2. The van der Waals surface area contributed by atoms with Crippen LogP contribution in [0.5, 0.6) is 11.5 Å². The minimum atomic E-state index is -3.26. The molecular weight excluding hydrogens is 319 g/mol. The number of hydrogen-bond acceptors (Lipinski definition) is 3. The molecule has 2 aromatic carbocycles. The predicted molar refractivity (Wildman–Crippen MR) is 100 cm³/mol. The lowest BCUT2D eigenvalue weighted by molar-refractivity contribution is 0.381. The van der Waals surface area contributed by atoms with Crippen molar-refractivity contribution in [3.05, 3.63) is 59.7 Å². The zero-order chi connectivity index (χ0) is 17.4. The first-order chi connectivity index (χ1) is 11.6. The standard InChI is InChI=1S/C20H27O3P/c1-4-7-16-24(21,22-19-14-10-8-12-17(19)5-2)23-20-15-11-9-13-18(20)6-3/h8-15H,4-7,16H2,1-3H3. The third kappa shape index (κ3) is 4.88. The van der Waals surface area contributed by atoms with E-state index in [1.54, 1.807) is 0 Å². The van der Waals surface area contributed by atoms with Gasteiger partial charge in [0.05, 0.1) is 6.16 Å². The molecular formula is C20H27O3P. The number of hydrogen-bond donors (Lipinski definition) is 0. The van der Waals surface area contributed by atoms with E-state index in [0.29, 0.717) is 17.7 Å². The maximum absolute atomic E-state index is 13.4. The Labute approximate surface area is 145 Å². The second-order valence-corrected chi connectivity index (χ2v) is 7.83. The van der Waals surface area contributed by atoms with Crippen molar-refractivity contribution in [2.75, 3.05) is 6.16 Å². The molecule has 0 aromatic heterocycles. The van der Waals surface area contributed by atoms with Crippen molar-refractivity contribution in [2.45, 2.75) is 46.5 Å². The van der Waals surface area contributed by atoms with Gasteiger partial charge in [0.2, 0.25) is 0 Å². The van der Waals surface area contributed by atoms with E-state index in [2.05, 4.69) is 20.8 Å². The summed E-state index contributed by atoms with van der Waals surface area (Å²) in [7, 11) is -3.26. The topological polar surface area (TPSA) is 35.5 Å². The fraction of sp³-hybridized carbons (Fsp3) is 0.400. The van der Waals surface area contributed by atoms with Crippen LogP contribution < -0.4 is 9.05 Å². The molecule has 0 saturated heterocycles. The fourth-order valence-corrected chi connectivity index (χ4v) is 4.41. The average molecular weight is 346 g/mol. The molecule has 0 radical (unpaired) electrons. The van der Waals surface area contributed by atoms with E-state index in [-0.39, 0.29) is 0 Å². The Morgan fingerprint density at radius 2 is 1.25 bits per heavy atom. The summed E-state index contributed by atoms with van der Waals surface area (Å²) in [6, 6.07) is 15.5. The van der Waals surface area contributed by atoms with Gasteiger partial charge in [-0.15, -0.1) is 0 Å². The summed E-state index contributed by atoms with van der Waals surface area (Å²) in [6.45, 7) is 6.20. The van der Waals surface area contributed by atoms with Gasteiger partial charge in [0.15, 0.2) is 0 Å². The molecule has 0 aliphatic rings. The Bertz CT molecular complexity index is 643. The fourth-order valence-electron chi connectivity index (χ4n) is 2.53. The van der Waals surface area contributed by atoms with Crippen LogP contribution in [0.3, 0.4) is 0 Å². The zero-order valence-corrected chi connectivity index (χ0v) is 15.7. The third-order valence-electron chi connectivity index (χ3n) is 3.97. The molecule has 0 unspecified atom stereocenters. The molecule has 0 spiro atoms. The van der Waals surface area contributed by atoms with Gasteiger partial charge in [-0.3, -0.25) is 0 Å². The van der Waals surface area contributed by atoms with E-state index < -0.39 is 7.60 Å². The van der Waals surface area contributed by atoms with Crippen LogP contribution in [0, 0.1) is 0 Å². The Kier molecular flexibility index (Phi) is 6.93. The summed E-state index contributed by atoms with van der Waals surface area (Å²) in [5.74, 6) is 1.32. The Balaban J connectivity index is 2.30. The van der Waals surface area contributed by atoms with Gasteiger partial charge in [-0.2, -0.15) is 0 Å². The Morgan fingerprint density at radius 3 is 1.67 bits per heavy atom. The SMILES string of the molecule is CCCCP(=O)(Oc1ccccc1CC)Oc1ccccc1CC. The van der Waals surface area contributed by atoms with Crippen molar-refractivity contribution in [2.24, 2.45) is 0 Å². The summed E-state index contributed by atoms with van der Waals surface area (Å²) in [6.07, 6.45) is 3.83. The molecule has 0 N–H and O–H groups in total. The smallest absolute Gasteiger partial charge is 0.416 e. The molecule has 0 aliphatic heterocycles. The highest BCUT2D eigenvalue weighted by Gasteiger charge is 2.29. The van der Waals surface area contributed by atoms with Gasteiger partial charge < -0.3 is 9.05 Å². The number of rotatable bonds is 9. The highest BCUT2D eigenvalue weighted by molar-refractivity contribution is 7.54. The predicted octanol–water partition coefficient (Wildman–Crippen LogP) is 6.26. The highest BCUT2D eigenvalue weighted by atomic mass is 31.2. The van der Waals surface area contributed by atoms with Gasteiger partial charge in [-0.25, -0.2) is 4.57 Å². The molecule has 2 rings (SSSR count). The molecule has 0 atom stereocenters. The van der Waals surface area contributed by atoms with E-state index in [4.69, 9.17) is 9.05 Å². The Morgan fingerprint density at radius 1 is 0.792 bits per heavy atom. The maximum atomic E-state index is 13.4. The summed E-state index contributed by atoms with van der Waals surface area (Å²) in [4.78, 5) is 0. The summed E-state index contributed by atoms with van der Waals surface area (Å²) in [5, 5.41) is 0. The monoisotopic (exact) mass is 346 g/mol. The van der Waals surface area contributed by atoms with Gasteiger partial charge in [0.25, 0.3) is 0 Å². The van der Waals surface area contributed by atoms with Crippen LogP contribution in [-0.4, -0.2) is 6.16 Å². The lowest BCUT2D eigenvalue weighted by Crippen LogP contribution is -2.07. The number of unbranched alkanes of at least 4 members (excludes halogenated alkanes) is 1. The van der Waals surface area contributed by atoms with Gasteiger partial charge in [-0.05, 0) is 42.5 Å².